The Hall–Kier alpha value is -1.06. The third kappa shape index (κ3) is 3.15. The molecule has 0 aromatic heterocycles. The van der Waals surface area contributed by atoms with Crippen LogP contribution in [0.4, 0.5) is 0 Å². The number of nitrogens with zero attached hydrogens (tertiary/aromatic N) is 2. The van der Waals surface area contributed by atoms with Crippen molar-refractivity contribution < 1.29 is 4.74 Å². The molecule has 2 aliphatic rings. The van der Waals surface area contributed by atoms with Gasteiger partial charge in [0.15, 0.2) is 0 Å². The van der Waals surface area contributed by atoms with E-state index in [2.05, 4.69) is 42.0 Å². The van der Waals surface area contributed by atoms with Crippen LogP contribution in [-0.2, 0) is 13.0 Å². The highest BCUT2D eigenvalue weighted by Gasteiger charge is 2.21. The third-order valence-electron chi connectivity index (χ3n) is 4.61. The standard InChI is InChI=1S/C17H26N2O/c1-3-19(13-15-6-8-18(2)11-15)12-14-4-5-17-16(10-14)7-9-20-17/h4-5,10,15H,3,6-9,11-13H2,1-2H3. The van der Waals surface area contributed by atoms with E-state index in [4.69, 9.17) is 4.74 Å². The van der Waals surface area contributed by atoms with E-state index in [0.29, 0.717) is 0 Å². The van der Waals surface area contributed by atoms with Crippen LogP contribution in [0.15, 0.2) is 18.2 Å². The SMILES string of the molecule is CCN(Cc1ccc2c(c1)CCO2)CC1CCN(C)C1. The van der Waals surface area contributed by atoms with Crippen molar-refractivity contribution in [3.05, 3.63) is 29.3 Å². The lowest BCUT2D eigenvalue weighted by Gasteiger charge is -2.24. The highest BCUT2D eigenvalue weighted by atomic mass is 16.5. The van der Waals surface area contributed by atoms with Crippen LogP contribution in [0.2, 0.25) is 0 Å². The van der Waals surface area contributed by atoms with Crippen LogP contribution < -0.4 is 4.74 Å². The van der Waals surface area contributed by atoms with Gasteiger partial charge in [-0.2, -0.15) is 0 Å². The first-order chi connectivity index (χ1) is 9.74. The van der Waals surface area contributed by atoms with Gasteiger partial charge in [-0.1, -0.05) is 19.1 Å². The second kappa shape index (κ2) is 6.15. The molecule has 0 amide bonds. The fourth-order valence-corrected chi connectivity index (χ4v) is 3.44. The quantitative estimate of drug-likeness (QED) is 0.820. The Bertz CT molecular complexity index is 460. The molecule has 20 heavy (non-hydrogen) atoms. The molecule has 2 aliphatic heterocycles. The molecule has 0 N–H and O–H groups in total. The van der Waals surface area contributed by atoms with Crippen LogP contribution in [0.3, 0.4) is 0 Å². The topological polar surface area (TPSA) is 15.7 Å². The third-order valence-corrected chi connectivity index (χ3v) is 4.61. The maximum absolute atomic E-state index is 5.59. The highest BCUT2D eigenvalue weighted by Crippen LogP contribution is 2.26. The summed E-state index contributed by atoms with van der Waals surface area (Å²) in [4.78, 5) is 5.03. The molecule has 0 aliphatic carbocycles. The van der Waals surface area contributed by atoms with Crippen LogP contribution >= 0.6 is 0 Å². The van der Waals surface area contributed by atoms with Gasteiger partial charge in [0, 0.05) is 26.1 Å². The van der Waals surface area contributed by atoms with Crippen LogP contribution in [0, 0.1) is 5.92 Å². The molecule has 110 valence electrons. The van der Waals surface area contributed by atoms with Crippen molar-refractivity contribution in [1.29, 1.82) is 0 Å². The van der Waals surface area contributed by atoms with E-state index in [1.54, 1.807) is 0 Å². The van der Waals surface area contributed by atoms with E-state index in [9.17, 15) is 0 Å². The minimum absolute atomic E-state index is 0.845. The number of likely N-dealkylation sites (tertiary alicyclic amines) is 1. The van der Waals surface area contributed by atoms with Crippen molar-refractivity contribution in [2.45, 2.75) is 26.3 Å². The molecule has 2 heterocycles. The molecule has 0 saturated carbocycles. The summed E-state index contributed by atoms with van der Waals surface area (Å²) in [6.07, 6.45) is 2.42. The summed E-state index contributed by atoms with van der Waals surface area (Å²) in [7, 11) is 2.23. The molecule has 1 aromatic carbocycles. The summed E-state index contributed by atoms with van der Waals surface area (Å²) in [6.45, 7) is 9.08. The average molecular weight is 274 g/mol. The molecule has 3 rings (SSSR count). The van der Waals surface area contributed by atoms with Gasteiger partial charge in [0.2, 0.25) is 0 Å². The number of ether oxygens (including phenoxy) is 1. The van der Waals surface area contributed by atoms with E-state index in [-0.39, 0.29) is 0 Å². The molecule has 1 atom stereocenters. The van der Waals surface area contributed by atoms with Crippen LogP contribution in [0.5, 0.6) is 5.75 Å². The monoisotopic (exact) mass is 274 g/mol. The predicted octanol–water partition coefficient (Wildman–Crippen LogP) is 2.40. The summed E-state index contributed by atoms with van der Waals surface area (Å²) in [5.41, 5.74) is 2.82. The largest absolute Gasteiger partial charge is 0.493 e. The number of hydrogen-bond donors (Lipinski definition) is 0. The van der Waals surface area contributed by atoms with Gasteiger partial charge in [-0.25, -0.2) is 0 Å². The lowest BCUT2D eigenvalue weighted by Crippen LogP contribution is -2.30. The average Bonchev–Trinajstić information content (AvgIpc) is 3.06. The van der Waals surface area contributed by atoms with Crippen LogP contribution in [0.1, 0.15) is 24.5 Å². The minimum Gasteiger partial charge on any atom is -0.493 e. The second-order valence-electron chi connectivity index (χ2n) is 6.29. The van der Waals surface area contributed by atoms with Crippen molar-refractivity contribution in [2.24, 2.45) is 5.92 Å². The van der Waals surface area contributed by atoms with Gasteiger partial charge >= 0.3 is 0 Å². The van der Waals surface area contributed by atoms with E-state index >= 15 is 0 Å². The molecule has 1 aromatic rings. The zero-order valence-electron chi connectivity index (χ0n) is 12.8. The van der Waals surface area contributed by atoms with E-state index in [1.807, 2.05) is 0 Å². The lowest BCUT2D eigenvalue weighted by molar-refractivity contribution is 0.233. The molecule has 1 fully saturated rings. The summed E-state index contributed by atoms with van der Waals surface area (Å²) in [5, 5.41) is 0. The van der Waals surface area contributed by atoms with Crippen LogP contribution in [0.25, 0.3) is 0 Å². The Morgan fingerprint density at radius 1 is 1.40 bits per heavy atom. The Labute approximate surface area is 122 Å². The molecule has 1 saturated heterocycles. The fourth-order valence-electron chi connectivity index (χ4n) is 3.44. The van der Waals surface area contributed by atoms with Crippen molar-refractivity contribution in [1.82, 2.24) is 9.80 Å². The van der Waals surface area contributed by atoms with Gasteiger partial charge in [-0.15, -0.1) is 0 Å². The van der Waals surface area contributed by atoms with Gasteiger partial charge in [-0.05, 0) is 49.7 Å². The van der Waals surface area contributed by atoms with Gasteiger partial charge < -0.3 is 9.64 Å². The fraction of sp³-hybridized carbons (Fsp3) is 0.647. The second-order valence-corrected chi connectivity index (χ2v) is 6.29. The normalized spacial score (nSPS) is 22.2. The lowest BCUT2D eigenvalue weighted by atomic mass is 10.1. The predicted molar refractivity (Wildman–Crippen MR) is 82.2 cm³/mol. The first-order valence-corrected chi connectivity index (χ1v) is 7.90. The first-order valence-electron chi connectivity index (χ1n) is 7.90. The van der Waals surface area contributed by atoms with Crippen LogP contribution in [-0.4, -0.2) is 49.6 Å². The molecule has 3 nitrogen and oxygen atoms in total. The molecular weight excluding hydrogens is 248 g/mol. The summed E-state index contributed by atoms with van der Waals surface area (Å²) >= 11 is 0. The molecule has 0 bridgehead atoms. The summed E-state index contributed by atoms with van der Waals surface area (Å²) in [5.74, 6) is 1.94. The highest BCUT2D eigenvalue weighted by molar-refractivity contribution is 5.39. The molecule has 1 unspecified atom stereocenters. The number of benzene rings is 1. The summed E-state index contributed by atoms with van der Waals surface area (Å²) in [6, 6.07) is 6.72. The van der Waals surface area contributed by atoms with Crippen molar-refractivity contribution in [3.8, 4) is 5.75 Å². The Morgan fingerprint density at radius 3 is 3.05 bits per heavy atom. The summed E-state index contributed by atoms with van der Waals surface area (Å²) < 4.78 is 5.59. The smallest absolute Gasteiger partial charge is 0.122 e. The van der Waals surface area contributed by atoms with E-state index in [0.717, 1.165) is 37.8 Å². The maximum atomic E-state index is 5.59. The Kier molecular flexibility index (Phi) is 4.27. The zero-order valence-corrected chi connectivity index (χ0v) is 12.8. The van der Waals surface area contributed by atoms with Gasteiger partial charge in [-0.3, -0.25) is 4.90 Å². The molecular formula is C17H26N2O. The van der Waals surface area contributed by atoms with Gasteiger partial charge in [0.25, 0.3) is 0 Å². The van der Waals surface area contributed by atoms with Crippen molar-refractivity contribution in [3.63, 3.8) is 0 Å². The molecule has 3 heteroatoms. The van der Waals surface area contributed by atoms with Gasteiger partial charge in [0.05, 0.1) is 6.61 Å². The zero-order chi connectivity index (χ0) is 13.9. The molecule has 0 spiro atoms. The Balaban J connectivity index is 1.60. The van der Waals surface area contributed by atoms with Gasteiger partial charge in [0.1, 0.15) is 5.75 Å². The molecule has 0 radical (unpaired) electrons. The van der Waals surface area contributed by atoms with E-state index in [1.165, 1.54) is 37.2 Å². The Morgan fingerprint density at radius 2 is 2.30 bits per heavy atom. The maximum Gasteiger partial charge on any atom is 0.122 e. The number of hydrogen-bond acceptors (Lipinski definition) is 3. The van der Waals surface area contributed by atoms with Crippen molar-refractivity contribution in [2.75, 3.05) is 39.8 Å². The number of fused-ring (bicyclic) bond motifs is 1. The van der Waals surface area contributed by atoms with Crippen molar-refractivity contribution >= 4 is 0 Å². The number of rotatable bonds is 5. The minimum atomic E-state index is 0.845. The first kappa shape index (κ1) is 13.9. The van der Waals surface area contributed by atoms with E-state index < -0.39 is 0 Å².